The Hall–Kier alpha value is -0.860. The van der Waals surface area contributed by atoms with Crippen LogP contribution in [-0.2, 0) is 11.3 Å². The van der Waals surface area contributed by atoms with Gasteiger partial charge in [0.05, 0.1) is 6.61 Å². The van der Waals surface area contributed by atoms with Crippen molar-refractivity contribution in [3.63, 3.8) is 0 Å². The topological polar surface area (TPSA) is 62.9 Å². The van der Waals surface area contributed by atoms with E-state index in [9.17, 15) is 0 Å². The maximum absolute atomic E-state index is 5.99. The fourth-order valence-electron chi connectivity index (χ4n) is 2.31. The van der Waals surface area contributed by atoms with Gasteiger partial charge in [-0.2, -0.15) is 0 Å². The van der Waals surface area contributed by atoms with Crippen molar-refractivity contribution in [1.29, 1.82) is 0 Å². The van der Waals surface area contributed by atoms with Gasteiger partial charge >= 0.3 is 0 Å². The smallest absolute Gasteiger partial charge is 0.193 e. The van der Waals surface area contributed by atoms with Gasteiger partial charge in [0, 0.05) is 31.5 Å². The number of aliphatic imine (C=N–C) groups is 1. The molecule has 0 radical (unpaired) electrons. The predicted octanol–water partition coefficient (Wildman–Crippen LogP) is 2.77. The highest BCUT2D eigenvalue weighted by atomic mass is 127. The quantitative estimate of drug-likeness (QED) is 0.405. The molecule has 1 aromatic rings. The third kappa shape index (κ3) is 7.95. The molecule has 0 aromatic heterocycles. The van der Waals surface area contributed by atoms with E-state index in [0.717, 1.165) is 17.8 Å². The first-order chi connectivity index (χ1) is 9.84. The number of hydrogen-bond acceptors (Lipinski definition) is 3. The number of guanidine groups is 1. The van der Waals surface area contributed by atoms with E-state index < -0.39 is 0 Å². The average Bonchev–Trinajstić information content (AvgIpc) is 2.38. The van der Waals surface area contributed by atoms with Gasteiger partial charge in [0.25, 0.3) is 0 Å². The summed E-state index contributed by atoms with van der Waals surface area (Å²) >= 11 is 0. The molecular weight excluding hydrogens is 391 g/mol. The molecule has 0 amide bonds. The van der Waals surface area contributed by atoms with Crippen molar-refractivity contribution in [3.8, 4) is 0 Å². The van der Waals surface area contributed by atoms with E-state index in [-0.39, 0.29) is 29.4 Å². The summed E-state index contributed by atoms with van der Waals surface area (Å²) in [5.74, 6) is 0.436. The molecule has 126 valence electrons. The summed E-state index contributed by atoms with van der Waals surface area (Å²) in [6, 6.07) is 7.93. The van der Waals surface area contributed by atoms with Gasteiger partial charge < -0.3 is 20.7 Å². The van der Waals surface area contributed by atoms with Gasteiger partial charge in [-0.3, -0.25) is 4.99 Å². The molecule has 5 nitrogen and oxygen atoms in total. The lowest BCUT2D eigenvalue weighted by atomic mass is 9.93. The Morgan fingerprint density at radius 2 is 1.95 bits per heavy atom. The lowest BCUT2D eigenvalue weighted by Gasteiger charge is -2.26. The van der Waals surface area contributed by atoms with Crippen LogP contribution in [0.3, 0.4) is 0 Å². The van der Waals surface area contributed by atoms with Crippen molar-refractivity contribution in [2.45, 2.75) is 20.5 Å². The number of anilines is 1. The Labute approximate surface area is 151 Å². The van der Waals surface area contributed by atoms with Gasteiger partial charge in [-0.15, -0.1) is 24.0 Å². The van der Waals surface area contributed by atoms with Crippen LogP contribution in [0, 0.1) is 5.41 Å². The van der Waals surface area contributed by atoms with Crippen LogP contribution in [-0.4, -0.2) is 45.2 Å². The van der Waals surface area contributed by atoms with Gasteiger partial charge in [0.15, 0.2) is 5.96 Å². The number of halogens is 1. The van der Waals surface area contributed by atoms with Gasteiger partial charge in [0.2, 0.25) is 0 Å². The van der Waals surface area contributed by atoms with Gasteiger partial charge in [-0.25, -0.2) is 0 Å². The number of para-hydroxylation sites is 1. The fraction of sp³-hybridized carbons (Fsp3) is 0.562. The molecule has 1 aromatic carbocycles. The minimum atomic E-state index is 0. The fourth-order valence-corrected chi connectivity index (χ4v) is 2.31. The monoisotopic (exact) mass is 420 g/mol. The maximum Gasteiger partial charge on any atom is 0.193 e. The highest BCUT2D eigenvalue weighted by molar-refractivity contribution is 14.0. The molecule has 6 heteroatoms. The molecule has 0 saturated heterocycles. The lowest BCUT2D eigenvalue weighted by Crippen LogP contribution is -2.33. The van der Waals surface area contributed by atoms with Crippen LogP contribution in [0.1, 0.15) is 19.4 Å². The van der Waals surface area contributed by atoms with Gasteiger partial charge in [-0.1, -0.05) is 32.0 Å². The number of methoxy groups -OCH3 is 1. The minimum absolute atomic E-state index is 0. The first-order valence-corrected chi connectivity index (χ1v) is 7.12. The molecule has 0 saturated carbocycles. The largest absolute Gasteiger partial charge is 0.380 e. The van der Waals surface area contributed by atoms with E-state index in [1.54, 1.807) is 7.11 Å². The molecule has 3 N–H and O–H groups in total. The lowest BCUT2D eigenvalue weighted by molar-refractivity contribution is 0.185. The predicted molar refractivity (Wildman–Crippen MR) is 105 cm³/mol. The number of rotatable bonds is 7. The van der Waals surface area contributed by atoms with Crippen LogP contribution in [0.2, 0.25) is 0 Å². The van der Waals surface area contributed by atoms with E-state index in [1.807, 2.05) is 24.3 Å². The summed E-state index contributed by atoms with van der Waals surface area (Å²) in [6.07, 6.45) is 0. The second kappa shape index (κ2) is 10.0. The van der Waals surface area contributed by atoms with Crippen LogP contribution in [0.15, 0.2) is 29.3 Å². The zero-order chi connectivity index (χ0) is 15.9. The van der Waals surface area contributed by atoms with Crippen LogP contribution in [0.4, 0.5) is 5.69 Å². The van der Waals surface area contributed by atoms with E-state index in [4.69, 9.17) is 10.5 Å². The number of benzene rings is 1. The zero-order valence-corrected chi connectivity index (χ0v) is 16.5. The molecule has 0 spiro atoms. The Morgan fingerprint density at radius 3 is 2.55 bits per heavy atom. The number of nitrogens with one attached hydrogen (secondary N) is 1. The van der Waals surface area contributed by atoms with Gasteiger partial charge in [-0.05, 0) is 25.6 Å². The molecule has 0 atom stereocenters. The number of nitrogens with two attached hydrogens (primary N) is 1. The first kappa shape index (κ1) is 21.1. The Bertz CT molecular complexity index is 475. The third-order valence-corrected chi connectivity index (χ3v) is 3.00. The van der Waals surface area contributed by atoms with E-state index >= 15 is 0 Å². The average molecular weight is 420 g/mol. The van der Waals surface area contributed by atoms with Crippen molar-refractivity contribution >= 4 is 35.6 Å². The minimum Gasteiger partial charge on any atom is -0.380 e. The van der Waals surface area contributed by atoms with Gasteiger partial charge in [0.1, 0.15) is 0 Å². The van der Waals surface area contributed by atoms with E-state index in [0.29, 0.717) is 19.1 Å². The third-order valence-electron chi connectivity index (χ3n) is 3.00. The van der Waals surface area contributed by atoms with Crippen molar-refractivity contribution in [2.75, 3.05) is 39.6 Å². The zero-order valence-electron chi connectivity index (χ0n) is 14.2. The van der Waals surface area contributed by atoms with Crippen molar-refractivity contribution in [1.82, 2.24) is 4.90 Å². The van der Waals surface area contributed by atoms with Crippen LogP contribution < -0.4 is 11.1 Å². The Kier molecular flexibility index (Phi) is 9.63. The number of nitrogens with zero attached hydrogens (tertiary/aromatic N) is 2. The van der Waals surface area contributed by atoms with Crippen LogP contribution >= 0.6 is 24.0 Å². The molecular formula is C16H29IN4O. The standard InChI is InChI=1S/C16H28N4O.HI/c1-16(2,12-20(3)4)11-18-15(17)19-14-9-7-6-8-13(14)10-21-5;/h6-9H,10-12H2,1-5H3,(H3,17,18,19);1H. The normalized spacial score (nSPS) is 12.2. The molecule has 0 aliphatic carbocycles. The molecule has 0 aliphatic heterocycles. The molecule has 0 unspecified atom stereocenters. The van der Waals surface area contributed by atoms with E-state index in [1.165, 1.54) is 0 Å². The van der Waals surface area contributed by atoms with Crippen molar-refractivity contribution in [3.05, 3.63) is 29.8 Å². The maximum atomic E-state index is 5.99. The summed E-state index contributed by atoms with van der Waals surface area (Å²) < 4.78 is 5.18. The summed E-state index contributed by atoms with van der Waals surface area (Å²) in [4.78, 5) is 6.62. The summed E-state index contributed by atoms with van der Waals surface area (Å²) in [7, 11) is 5.81. The van der Waals surface area contributed by atoms with Crippen LogP contribution in [0.5, 0.6) is 0 Å². The second-order valence-electron chi connectivity index (χ2n) is 6.32. The first-order valence-electron chi connectivity index (χ1n) is 7.12. The van der Waals surface area contributed by atoms with Crippen molar-refractivity contribution in [2.24, 2.45) is 16.1 Å². The molecule has 0 aliphatic rings. The molecule has 22 heavy (non-hydrogen) atoms. The summed E-state index contributed by atoms with van der Waals surface area (Å²) in [6.45, 7) is 6.55. The molecule has 0 heterocycles. The number of hydrogen-bond donors (Lipinski definition) is 2. The number of ether oxygens (including phenoxy) is 1. The highest BCUT2D eigenvalue weighted by Crippen LogP contribution is 2.17. The van der Waals surface area contributed by atoms with Crippen LogP contribution in [0.25, 0.3) is 0 Å². The Balaban J connectivity index is 0.00000441. The summed E-state index contributed by atoms with van der Waals surface area (Å²) in [5.41, 5.74) is 8.08. The molecule has 1 rings (SSSR count). The Morgan fingerprint density at radius 1 is 1.32 bits per heavy atom. The molecule has 0 bridgehead atoms. The highest BCUT2D eigenvalue weighted by Gasteiger charge is 2.18. The summed E-state index contributed by atoms with van der Waals surface area (Å²) in [5, 5.41) is 3.16. The second-order valence-corrected chi connectivity index (χ2v) is 6.32. The molecule has 0 fully saturated rings. The van der Waals surface area contributed by atoms with Crippen molar-refractivity contribution < 1.29 is 4.74 Å². The van der Waals surface area contributed by atoms with E-state index in [2.05, 4.69) is 43.2 Å². The SMILES string of the molecule is COCc1ccccc1NC(N)=NCC(C)(C)CN(C)C.I.